The van der Waals surface area contributed by atoms with E-state index in [4.69, 9.17) is 0 Å². The first kappa shape index (κ1) is 26.4. The van der Waals surface area contributed by atoms with Gasteiger partial charge in [-0.05, 0) is 48.4 Å². The summed E-state index contributed by atoms with van der Waals surface area (Å²) in [6.45, 7) is 0.430. The van der Waals surface area contributed by atoms with Gasteiger partial charge in [0.25, 0.3) is 0 Å². The molecule has 1 aliphatic rings. The lowest BCUT2D eigenvalue weighted by Gasteiger charge is -2.29. The summed E-state index contributed by atoms with van der Waals surface area (Å²) in [7, 11) is 0. The summed E-state index contributed by atoms with van der Waals surface area (Å²) in [5, 5.41) is 13.1. The van der Waals surface area contributed by atoms with E-state index in [0.717, 1.165) is 17.7 Å². The number of alkyl halides is 3. The third-order valence-electron chi connectivity index (χ3n) is 5.54. The van der Waals surface area contributed by atoms with Crippen molar-refractivity contribution < 1.29 is 26.7 Å². The fraction of sp³-hybridized carbons (Fsp3) is 0.154. The summed E-state index contributed by atoms with van der Waals surface area (Å²) in [4.78, 5) is 5.76. The summed E-state index contributed by atoms with van der Waals surface area (Å²) in [5.74, 6) is -0.471. The number of rotatable bonds is 6. The van der Waals surface area contributed by atoms with Gasteiger partial charge in [-0.3, -0.25) is 0 Å². The lowest BCUT2D eigenvalue weighted by molar-refractivity contribution is -0.274. The number of ether oxygens (including phenoxy) is 1. The highest BCUT2D eigenvalue weighted by molar-refractivity contribution is 8.14. The Hall–Kier alpha value is -4.26. The molecule has 200 valence electrons. The van der Waals surface area contributed by atoms with Crippen molar-refractivity contribution in [3.8, 4) is 22.8 Å². The van der Waals surface area contributed by atoms with E-state index in [-0.39, 0.29) is 11.4 Å². The zero-order valence-corrected chi connectivity index (χ0v) is 20.8. The quantitative estimate of drug-likeness (QED) is 0.155. The predicted molar refractivity (Wildman–Crippen MR) is 139 cm³/mol. The van der Waals surface area contributed by atoms with Crippen molar-refractivity contribution in [1.29, 1.82) is 0 Å². The van der Waals surface area contributed by atoms with Gasteiger partial charge in [0.05, 0.1) is 11.9 Å². The van der Waals surface area contributed by atoms with E-state index in [2.05, 4.69) is 25.0 Å². The first-order chi connectivity index (χ1) is 18.8. The van der Waals surface area contributed by atoms with Crippen LogP contribution in [0.1, 0.15) is 12.0 Å². The maximum atomic E-state index is 14.3. The Labute approximate surface area is 223 Å². The average Bonchev–Trinajstić information content (AvgIpc) is 3.40. The van der Waals surface area contributed by atoms with Crippen LogP contribution in [-0.4, -0.2) is 44.8 Å². The van der Waals surface area contributed by atoms with Gasteiger partial charge >= 0.3 is 6.36 Å². The molecule has 7 nitrogen and oxygen atoms in total. The SMILES string of the molecule is Fc1cccc(F)c1N1CCCSC1=NN=Cc1ccc(-c2ncn(-c3ccc(OC(F)(F)F)cc3)n2)cc1. The van der Waals surface area contributed by atoms with Crippen LogP contribution in [-0.2, 0) is 0 Å². The average molecular weight is 559 g/mol. The number of anilines is 1. The second-order valence-corrected chi connectivity index (χ2v) is 9.29. The first-order valence-corrected chi connectivity index (χ1v) is 12.6. The smallest absolute Gasteiger partial charge is 0.406 e. The number of amidine groups is 1. The monoisotopic (exact) mass is 558 g/mol. The molecular weight excluding hydrogens is 539 g/mol. The normalized spacial score (nSPS) is 15.3. The Morgan fingerprint density at radius 3 is 2.36 bits per heavy atom. The maximum absolute atomic E-state index is 14.3. The van der Waals surface area contributed by atoms with Gasteiger partial charge in [-0.1, -0.05) is 42.1 Å². The van der Waals surface area contributed by atoms with Gasteiger partial charge in [-0.15, -0.1) is 23.4 Å². The molecule has 5 rings (SSSR count). The van der Waals surface area contributed by atoms with Crippen LogP contribution in [0.2, 0.25) is 0 Å². The van der Waals surface area contributed by atoms with E-state index in [1.54, 1.807) is 24.3 Å². The Morgan fingerprint density at radius 2 is 1.67 bits per heavy atom. The van der Waals surface area contributed by atoms with Crippen LogP contribution in [0.25, 0.3) is 17.1 Å². The highest BCUT2D eigenvalue weighted by Crippen LogP contribution is 2.30. The van der Waals surface area contributed by atoms with Gasteiger partial charge < -0.3 is 9.64 Å². The molecule has 1 aliphatic heterocycles. The molecule has 0 bridgehead atoms. The first-order valence-electron chi connectivity index (χ1n) is 11.6. The number of benzene rings is 3. The molecule has 39 heavy (non-hydrogen) atoms. The molecule has 1 saturated heterocycles. The van der Waals surface area contributed by atoms with Crippen LogP contribution in [0, 0.1) is 11.6 Å². The van der Waals surface area contributed by atoms with Crippen LogP contribution >= 0.6 is 11.8 Å². The molecule has 3 aromatic carbocycles. The lowest BCUT2D eigenvalue weighted by Crippen LogP contribution is -2.35. The molecule has 0 radical (unpaired) electrons. The van der Waals surface area contributed by atoms with E-state index >= 15 is 0 Å². The summed E-state index contributed by atoms with van der Waals surface area (Å²) in [5.41, 5.74) is 1.81. The number of hydrogen-bond donors (Lipinski definition) is 0. The number of halogens is 5. The Bertz CT molecular complexity index is 1480. The van der Waals surface area contributed by atoms with Crippen LogP contribution in [0.4, 0.5) is 27.6 Å². The van der Waals surface area contributed by atoms with Crippen molar-refractivity contribution in [3.63, 3.8) is 0 Å². The Kier molecular flexibility index (Phi) is 7.59. The molecule has 0 unspecified atom stereocenters. The van der Waals surface area contributed by atoms with Gasteiger partial charge in [-0.2, -0.15) is 5.10 Å². The molecule has 2 heterocycles. The molecule has 0 amide bonds. The van der Waals surface area contributed by atoms with Gasteiger partial charge in [0, 0.05) is 17.9 Å². The third-order valence-corrected chi connectivity index (χ3v) is 6.59. The zero-order chi connectivity index (χ0) is 27.4. The van der Waals surface area contributed by atoms with Crippen molar-refractivity contribution in [3.05, 3.63) is 90.3 Å². The molecule has 1 aromatic heterocycles. The van der Waals surface area contributed by atoms with Gasteiger partial charge in [0.15, 0.2) is 11.0 Å². The number of nitrogens with zero attached hydrogens (tertiary/aromatic N) is 6. The largest absolute Gasteiger partial charge is 0.573 e. The summed E-state index contributed by atoms with van der Waals surface area (Å²) >= 11 is 1.37. The second kappa shape index (κ2) is 11.2. The minimum atomic E-state index is -4.76. The predicted octanol–water partition coefficient (Wildman–Crippen LogP) is 6.44. The number of aromatic nitrogens is 3. The minimum Gasteiger partial charge on any atom is -0.406 e. The Morgan fingerprint density at radius 1 is 0.949 bits per heavy atom. The molecule has 0 saturated carbocycles. The fourth-order valence-corrected chi connectivity index (χ4v) is 4.68. The topological polar surface area (TPSA) is 67.9 Å². The standard InChI is InChI=1S/C26H19F5N6OS/c27-21-3-1-4-22(28)23(21)36-13-2-14-39-25(36)34-33-15-17-5-7-18(8-6-17)24-32-16-37(35-24)19-9-11-20(12-10-19)38-26(29,30)31/h1,3-12,15-16H,2,13-14H2. The molecule has 0 N–H and O–H groups in total. The summed E-state index contributed by atoms with van der Waals surface area (Å²) in [6.07, 6.45) is -1.03. The van der Waals surface area contributed by atoms with E-state index in [1.165, 1.54) is 76.4 Å². The van der Waals surface area contributed by atoms with Crippen LogP contribution in [0.15, 0.2) is 83.3 Å². The van der Waals surface area contributed by atoms with Crippen molar-refractivity contribution in [2.75, 3.05) is 17.2 Å². The van der Waals surface area contributed by atoms with E-state index in [1.807, 2.05) is 0 Å². The van der Waals surface area contributed by atoms with Crippen LogP contribution in [0.3, 0.4) is 0 Å². The summed E-state index contributed by atoms with van der Waals surface area (Å²) < 4.78 is 71.0. The number of hydrogen-bond acceptors (Lipinski definition) is 6. The second-order valence-electron chi connectivity index (χ2n) is 8.23. The highest BCUT2D eigenvalue weighted by atomic mass is 32.2. The minimum absolute atomic E-state index is 0.138. The zero-order valence-electron chi connectivity index (χ0n) is 20.0. The molecule has 0 atom stereocenters. The van der Waals surface area contributed by atoms with Crippen molar-refractivity contribution >= 4 is 28.8 Å². The van der Waals surface area contributed by atoms with Crippen molar-refractivity contribution in [1.82, 2.24) is 14.8 Å². The highest BCUT2D eigenvalue weighted by Gasteiger charge is 2.31. The van der Waals surface area contributed by atoms with Gasteiger partial charge in [-0.25, -0.2) is 18.4 Å². The lowest BCUT2D eigenvalue weighted by atomic mass is 10.1. The third kappa shape index (κ3) is 6.42. The molecule has 4 aromatic rings. The van der Waals surface area contributed by atoms with E-state index in [0.29, 0.717) is 28.8 Å². The number of thioether (sulfide) groups is 1. The molecule has 0 aliphatic carbocycles. The van der Waals surface area contributed by atoms with E-state index in [9.17, 15) is 22.0 Å². The van der Waals surface area contributed by atoms with Crippen LogP contribution < -0.4 is 9.64 Å². The van der Waals surface area contributed by atoms with E-state index < -0.39 is 18.0 Å². The molecule has 0 spiro atoms. The fourth-order valence-electron chi connectivity index (χ4n) is 3.78. The molecule has 1 fully saturated rings. The van der Waals surface area contributed by atoms with Crippen LogP contribution in [0.5, 0.6) is 5.75 Å². The van der Waals surface area contributed by atoms with Gasteiger partial charge in [0.2, 0.25) is 0 Å². The molecule has 13 heteroatoms. The van der Waals surface area contributed by atoms with Gasteiger partial charge in [0.1, 0.15) is 29.4 Å². The van der Waals surface area contributed by atoms with Crippen molar-refractivity contribution in [2.24, 2.45) is 10.2 Å². The molecular formula is C26H19F5N6OS. The van der Waals surface area contributed by atoms with Crippen molar-refractivity contribution in [2.45, 2.75) is 12.8 Å². The Balaban J connectivity index is 1.27. The summed E-state index contributed by atoms with van der Waals surface area (Å²) in [6, 6.07) is 16.1. The number of para-hydroxylation sites is 1. The maximum Gasteiger partial charge on any atom is 0.573 e.